The highest BCUT2D eigenvalue weighted by molar-refractivity contribution is 5.95. The van der Waals surface area contributed by atoms with Crippen molar-refractivity contribution in [3.63, 3.8) is 0 Å². The summed E-state index contributed by atoms with van der Waals surface area (Å²) >= 11 is 0. The summed E-state index contributed by atoms with van der Waals surface area (Å²) in [6, 6.07) is 30.7. The first-order valence-electron chi connectivity index (χ1n) is 9.21. The third-order valence-electron chi connectivity index (χ3n) is 4.78. The van der Waals surface area contributed by atoms with Gasteiger partial charge in [-0.2, -0.15) is 0 Å². The molecule has 0 N–H and O–H groups in total. The highest BCUT2D eigenvalue weighted by Gasteiger charge is 2.09. The zero-order valence-electron chi connectivity index (χ0n) is 15.2. The molecule has 2 aromatic carbocycles. The summed E-state index contributed by atoms with van der Waals surface area (Å²) in [5.41, 5.74) is 7.02. The van der Waals surface area contributed by atoms with Gasteiger partial charge in [-0.25, -0.2) is 4.98 Å². The van der Waals surface area contributed by atoms with E-state index in [-0.39, 0.29) is 0 Å². The summed E-state index contributed by atoms with van der Waals surface area (Å²) in [4.78, 5) is 13.9. The molecule has 0 saturated carbocycles. The number of nitrogens with zero attached hydrogens (tertiary/aromatic N) is 3. The molecule has 0 bridgehead atoms. The molecular weight excluding hydrogens is 342 g/mol. The Kier molecular flexibility index (Phi) is 4.11. The molecule has 0 amide bonds. The second kappa shape index (κ2) is 7.05. The van der Waals surface area contributed by atoms with E-state index in [0.717, 1.165) is 44.7 Å². The van der Waals surface area contributed by atoms with Crippen LogP contribution in [0, 0.1) is 0 Å². The molecule has 3 heteroatoms. The molecule has 0 saturated heterocycles. The van der Waals surface area contributed by atoms with Crippen molar-refractivity contribution in [2.45, 2.75) is 0 Å². The molecule has 0 unspecified atom stereocenters. The summed E-state index contributed by atoms with van der Waals surface area (Å²) in [5.74, 6) is 0. The Morgan fingerprint density at radius 2 is 1.25 bits per heavy atom. The lowest BCUT2D eigenvalue weighted by molar-refractivity contribution is 1.28. The number of hydrogen-bond acceptors (Lipinski definition) is 3. The van der Waals surface area contributed by atoms with Crippen molar-refractivity contribution < 1.29 is 0 Å². The van der Waals surface area contributed by atoms with E-state index in [4.69, 9.17) is 4.98 Å². The van der Waals surface area contributed by atoms with Gasteiger partial charge in [-0.1, -0.05) is 54.6 Å². The molecule has 0 radical (unpaired) electrons. The van der Waals surface area contributed by atoms with Gasteiger partial charge in [-0.05, 0) is 42.0 Å². The molecule has 5 aromatic rings. The Morgan fingerprint density at radius 1 is 0.500 bits per heavy atom. The van der Waals surface area contributed by atoms with E-state index in [1.807, 2.05) is 48.7 Å². The lowest BCUT2D eigenvalue weighted by atomic mass is 9.98. The van der Waals surface area contributed by atoms with Crippen LogP contribution in [0.25, 0.3) is 44.7 Å². The minimum Gasteiger partial charge on any atom is -0.256 e. The van der Waals surface area contributed by atoms with E-state index in [0.29, 0.717) is 0 Å². The van der Waals surface area contributed by atoms with E-state index in [1.54, 1.807) is 6.20 Å². The van der Waals surface area contributed by atoms with Crippen molar-refractivity contribution in [1.82, 2.24) is 15.0 Å². The van der Waals surface area contributed by atoms with Crippen molar-refractivity contribution in [2.75, 3.05) is 0 Å². The first-order chi connectivity index (χ1) is 13.9. The van der Waals surface area contributed by atoms with Crippen LogP contribution in [-0.4, -0.2) is 15.0 Å². The van der Waals surface area contributed by atoms with Crippen molar-refractivity contribution in [2.24, 2.45) is 0 Å². The van der Waals surface area contributed by atoms with Gasteiger partial charge in [0.2, 0.25) is 0 Å². The van der Waals surface area contributed by atoms with Crippen LogP contribution in [0.3, 0.4) is 0 Å². The minimum absolute atomic E-state index is 0.876. The average Bonchev–Trinajstić information content (AvgIpc) is 2.79. The summed E-state index contributed by atoms with van der Waals surface area (Å²) in [6.07, 6.45) is 3.62. The average molecular weight is 359 g/mol. The number of hydrogen-bond donors (Lipinski definition) is 0. The summed E-state index contributed by atoms with van der Waals surface area (Å²) in [6.45, 7) is 0. The summed E-state index contributed by atoms with van der Waals surface area (Å²) in [5, 5.41) is 1.11. The lowest BCUT2D eigenvalue weighted by Gasteiger charge is -2.10. The molecule has 3 nitrogen and oxygen atoms in total. The Morgan fingerprint density at radius 3 is 2.04 bits per heavy atom. The molecule has 3 heterocycles. The molecule has 0 spiro atoms. The molecule has 0 aliphatic rings. The zero-order valence-corrected chi connectivity index (χ0v) is 15.2. The van der Waals surface area contributed by atoms with Crippen LogP contribution in [0.4, 0.5) is 0 Å². The van der Waals surface area contributed by atoms with E-state index in [9.17, 15) is 0 Å². The molecule has 132 valence electrons. The number of fused-ring (bicyclic) bond motifs is 1. The molecule has 28 heavy (non-hydrogen) atoms. The fourth-order valence-electron chi connectivity index (χ4n) is 3.42. The molecule has 0 aliphatic carbocycles. The second-order valence-corrected chi connectivity index (χ2v) is 6.58. The summed E-state index contributed by atoms with van der Waals surface area (Å²) < 4.78 is 0. The van der Waals surface area contributed by atoms with Gasteiger partial charge in [-0.15, -0.1) is 0 Å². The Labute approximate surface area is 163 Å². The number of aromatic nitrogens is 3. The number of benzene rings is 2. The van der Waals surface area contributed by atoms with Crippen LogP contribution in [-0.2, 0) is 0 Å². The number of rotatable bonds is 3. The highest BCUT2D eigenvalue weighted by Crippen LogP contribution is 2.31. The first kappa shape index (κ1) is 16.3. The van der Waals surface area contributed by atoms with Crippen molar-refractivity contribution >= 4 is 10.9 Å². The molecule has 0 aliphatic heterocycles. The maximum atomic E-state index is 4.95. The molecule has 0 fully saturated rings. The Bertz CT molecular complexity index is 1250. The smallest absolute Gasteiger partial charge is 0.0894 e. The number of pyridine rings is 3. The fourth-order valence-corrected chi connectivity index (χ4v) is 3.42. The Balaban J connectivity index is 1.67. The predicted molar refractivity (Wildman–Crippen MR) is 114 cm³/mol. The van der Waals surface area contributed by atoms with Gasteiger partial charge in [0.25, 0.3) is 0 Å². The van der Waals surface area contributed by atoms with Gasteiger partial charge >= 0.3 is 0 Å². The maximum absolute atomic E-state index is 4.95. The van der Waals surface area contributed by atoms with Crippen LogP contribution in [0.2, 0.25) is 0 Å². The monoisotopic (exact) mass is 359 g/mol. The van der Waals surface area contributed by atoms with Crippen LogP contribution in [0.1, 0.15) is 0 Å². The minimum atomic E-state index is 0.876. The first-order valence-corrected chi connectivity index (χ1v) is 9.21. The van der Waals surface area contributed by atoms with Gasteiger partial charge in [0.05, 0.1) is 22.6 Å². The van der Waals surface area contributed by atoms with E-state index < -0.39 is 0 Å². The van der Waals surface area contributed by atoms with Crippen LogP contribution in [0.15, 0.2) is 103 Å². The largest absolute Gasteiger partial charge is 0.256 e. The lowest BCUT2D eigenvalue weighted by Crippen LogP contribution is -1.91. The van der Waals surface area contributed by atoms with Crippen LogP contribution >= 0.6 is 0 Å². The fraction of sp³-hybridized carbons (Fsp3) is 0. The highest BCUT2D eigenvalue weighted by atomic mass is 14.8. The SMILES string of the molecule is c1ccc(-c2cccc(-c3cccc4ccc(-c5ccccn5)nc34)c2)nc1. The van der Waals surface area contributed by atoms with Crippen molar-refractivity contribution in [3.05, 3.63) is 103 Å². The third-order valence-corrected chi connectivity index (χ3v) is 4.78. The van der Waals surface area contributed by atoms with Crippen LogP contribution in [0.5, 0.6) is 0 Å². The summed E-state index contributed by atoms with van der Waals surface area (Å²) in [7, 11) is 0. The van der Waals surface area contributed by atoms with Gasteiger partial charge in [0.15, 0.2) is 0 Å². The van der Waals surface area contributed by atoms with E-state index >= 15 is 0 Å². The van der Waals surface area contributed by atoms with Gasteiger partial charge in [0.1, 0.15) is 0 Å². The number of para-hydroxylation sites is 1. The maximum Gasteiger partial charge on any atom is 0.0894 e. The predicted octanol–water partition coefficient (Wildman–Crippen LogP) is 6.03. The standard InChI is InChI=1S/C25H17N3/c1-3-15-26-22(11-1)20-9-5-8-19(17-20)21-10-6-7-18-13-14-24(28-25(18)21)23-12-2-4-16-27-23/h1-17H. The van der Waals surface area contributed by atoms with Gasteiger partial charge in [-0.3, -0.25) is 9.97 Å². The van der Waals surface area contributed by atoms with E-state index in [2.05, 4.69) is 58.5 Å². The van der Waals surface area contributed by atoms with Crippen molar-refractivity contribution in [1.29, 1.82) is 0 Å². The molecule has 5 rings (SSSR count). The van der Waals surface area contributed by atoms with Gasteiger partial charge in [0, 0.05) is 28.9 Å². The van der Waals surface area contributed by atoms with Crippen molar-refractivity contribution in [3.8, 4) is 33.8 Å². The molecule has 0 atom stereocenters. The van der Waals surface area contributed by atoms with E-state index in [1.165, 1.54) is 0 Å². The topological polar surface area (TPSA) is 38.7 Å². The van der Waals surface area contributed by atoms with Crippen LogP contribution < -0.4 is 0 Å². The second-order valence-electron chi connectivity index (χ2n) is 6.58. The normalized spacial score (nSPS) is 10.9. The van der Waals surface area contributed by atoms with Gasteiger partial charge < -0.3 is 0 Å². The molecule has 3 aromatic heterocycles. The molecular formula is C25H17N3. The third kappa shape index (κ3) is 3.03. The zero-order chi connectivity index (χ0) is 18.8. The Hall–Kier alpha value is -3.85. The quantitative estimate of drug-likeness (QED) is 0.395.